The first-order valence-electron chi connectivity index (χ1n) is 4.40. The van der Waals surface area contributed by atoms with Crippen LogP contribution in [0.25, 0.3) is 5.57 Å². The lowest BCUT2D eigenvalue weighted by molar-refractivity contribution is -0.269. The van der Waals surface area contributed by atoms with Gasteiger partial charge in [-0.25, -0.2) is 0 Å². The predicted molar refractivity (Wildman–Crippen MR) is 55.9 cm³/mol. The number of nitrogens with zero attached hydrogens (tertiary/aromatic N) is 3. The molecule has 0 spiro atoms. The van der Waals surface area contributed by atoms with Gasteiger partial charge in [-0.1, -0.05) is 17.9 Å². The first kappa shape index (κ1) is 12.0. The van der Waals surface area contributed by atoms with Crippen molar-refractivity contribution in [2.75, 3.05) is 0 Å². The fourth-order valence-corrected chi connectivity index (χ4v) is 1.12. The lowest BCUT2D eigenvalue weighted by atomic mass is 10.0. The molecule has 0 amide bonds. The van der Waals surface area contributed by atoms with Gasteiger partial charge in [0.2, 0.25) is 0 Å². The van der Waals surface area contributed by atoms with Gasteiger partial charge in [-0.3, -0.25) is 4.79 Å². The standard InChI is InChI=1S/C12H5N3O2/c13-5-9(6-14)10(7-15)8-1-3-11(16)12(17)4-2-8/h1-4H,(H,16,17)/p-1. The van der Waals surface area contributed by atoms with Gasteiger partial charge in [0, 0.05) is 0 Å². The molecular formula is C12H4N3O2-. The normalized spacial score (nSPS) is 8.29. The van der Waals surface area contributed by atoms with E-state index in [0.717, 1.165) is 12.1 Å². The SMILES string of the molecule is N#CC(C#N)=C(C#N)c1ccc([O-])c(=O)cc1. The van der Waals surface area contributed by atoms with Crippen LogP contribution in [0.4, 0.5) is 0 Å². The number of hydrogen-bond donors (Lipinski definition) is 0. The minimum atomic E-state index is -0.719. The molecule has 5 heteroatoms. The van der Waals surface area contributed by atoms with Crippen molar-refractivity contribution in [2.45, 2.75) is 0 Å². The lowest BCUT2D eigenvalue weighted by Gasteiger charge is -1.95. The molecule has 0 aliphatic carbocycles. The quantitative estimate of drug-likeness (QED) is 0.640. The van der Waals surface area contributed by atoms with Gasteiger partial charge in [0.25, 0.3) is 0 Å². The molecule has 1 rings (SSSR count). The zero-order valence-corrected chi connectivity index (χ0v) is 8.47. The number of nitriles is 3. The maximum Gasteiger partial charge on any atom is 0.170 e. The predicted octanol–water partition coefficient (Wildman–Crippen LogP) is 0.445. The van der Waals surface area contributed by atoms with Gasteiger partial charge in [-0.05, 0) is 17.7 Å². The summed E-state index contributed by atoms with van der Waals surface area (Å²) in [6.07, 6.45) is 0. The Morgan fingerprint density at radius 1 is 1.00 bits per heavy atom. The number of allylic oxidation sites excluding steroid dienone is 2. The minimum absolute atomic E-state index is 0.162. The summed E-state index contributed by atoms with van der Waals surface area (Å²) in [4.78, 5) is 11.0. The third kappa shape index (κ3) is 2.47. The average Bonchev–Trinajstić information content (AvgIpc) is 2.50. The van der Waals surface area contributed by atoms with Crippen molar-refractivity contribution in [1.29, 1.82) is 15.8 Å². The summed E-state index contributed by atoms with van der Waals surface area (Å²) in [6.45, 7) is 0. The van der Waals surface area contributed by atoms with Crippen LogP contribution in [0.2, 0.25) is 0 Å². The van der Waals surface area contributed by atoms with Crippen LogP contribution in [-0.4, -0.2) is 0 Å². The van der Waals surface area contributed by atoms with Crippen molar-refractivity contribution in [3.63, 3.8) is 0 Å². The molecule has 0 aromatic heterocycles. The Bertz CT molecular complexity index is 654. The van der Waals surface area contributed by atoms with E-state index in [1.54, 1.807) is 18.2 Å². The molecule has 0 fully saturated rings. The molecule has 0 unspecified atom stereocenters. The highest BCUT2D eigenvalue weighted by atomic mass is 16.3. The molecule has 17 heavy (non-hydrogen) atoms. The van der Waals surface area contributed by atoms with E-state index >= 15 is 0 Å². The molecule has 0 heterocycles. The van der Waals surface area contributed by atoms with Crippen LogP contribution < -0.4 is 10.5 Å². The Kier molecular flexibility index (Phi) is 3.60. The van der Waals surface area contributed by atoms with E-state index in [2.05, 4.69) is 0 Å². The van der Waals surface area contributed by atoms with Crippen molar-refractivity contribution in [1.82, 2.24) is 0 Å². The van der Waals surface area contributed by atoms with Gasteiger partial charge in [0.1, 0.15) is 23.8 Å². The topological polar surface area (TPSA) is 112 Å². The van der Waals surface area contributed by atoms with Gasteiger partial charge in [0.15, 0.2) is 5.43 Å². The third-order valence-corrected chi connectivity index (χ3v) is 1.95. The zero-order valence-electron chi connectivity index (χ0n) is 8.47. The highest BCUT2D eigenvalue weighted by molar-refractivity contribution is 5.84. The smallest absolute Gasteiger partial charge is 0.170 e. The molecule has 0 atom stereocenters. The molecule has 5 nitrogen and oxygen atoms in total. The van der Waals surface area contributed by atoms with E-state index in [1.807, 2.05) is 0 Å². The minimum Gasteiger partial charge on any atom is -0.870 e. The molecule has 80 valence electrons. The summed E-state index contributed by atoms with van der Waals surface area (Å²) in [5.74, 6) is -0.719. The second kappa shape index (κ2) is 5.11. The van der Waals surface area contributed by atoms with Crippen LogP contribution in [0.15, 0.2) is 34.6 Å². The molecular weight excluding hydrogens is 218 g/mol. The average molecular weight is 222 g/mol. The Morgan fingerprint density at radius 3 is 2.12 bits per heavy atom. The van der Waals surface area contributed by atoms with E-state index in [-0.39, 0.29) is 16.7 Å². The van der Waals surface area contributed by atoms with Crippen molar-refractivity contribution in [3.05, 3.63) is 45.6 Å². The summed E-state index contributed by atoms with van der Waals surface area (Å²) < 4.78 is 0. The Labute approximate surface area is 96.7 Å². The molecule has 0 saturated heterocycles. The van der Waals surface area contributed by atoms with Gasteiger partial charge in [-0.15, -0.1) is 0 Å². The highest BCUT2D eigenvalue weighted by Crippen LogP contribution is 2.16. The van der Waals surface area contributed by atoms with Crippen LogP contribution >= 0.6 is 0 Å². The first-order chi connectivity index (χ1) is 8.13. The van der Waals surface area contributed by atoms with Crippen molar-refractivity contribution in [2.24, 2.45) is 0 Å². The van der Waals surface area contributed by atoms with Crippen LogP contribution in [0.3, 0.4) is 0 Å². The largest absolute Gasteiger partial charge is 0.870 e. The lowest BCUT2D eigenvalue weighted by Crippen LogP contribution is -2.03. The van der Waals surface area contributed by atoms with E-state index in [0.29, 0.717) is 0 Å². The third-order valence-electron chi connectivity index (χ3n) is 1.95. The van der Waals surface area contributed by atoms with Crippen molar-refractivity contribution in [3.8, 4) is 24.0 Å². The molecule has 0 saturated carbocycles. The van der Waals surface area contributed by atoms with E-state index in [1.165, 1.54) is 12.1 Å². The fraction of sp³-hybridized carbons (Fsp3) is 0. The second-order valence-corrected chi connectivity index (χ2v) is 2.94. The van der Waals surface area contributed by atoms with E-state index in [4.69, 9.17) is 15.8 Å². The van der Waals surface area contributed by atoms with Crippen LogP contribution in [-0.2, 0) is 0 Å². The van der Waals surface area contributed by atoms with Gasteiger partial charge in [-0.2, -0.15) is 15.8 Å². The Balaban J connectivity index is 3.58. The molecule has 0 aliphatic heterocycles. The van der Waals surface area contributed by atoms with Crippen LogP contribution in [0.5, 0.6) is 5.75 Å². The van der Waals surface area contributed by atoms with Gasteiger partial charge < -0.3 is 5.11 Å². The Hall–Kier alpha value is -3.10. The molecule has 1 aromatic rings. The second-order valence-electron chi connectivity index (χ2n) is 2.94. The fourth-order valence-electron chi connectivity index (χ4n) is 1.12. The number of rotatable bonds is 1. The van der Waals surface area contributed by atoms with Gasteiger partial charge >= 0.3 is 0 Å². The van der Waals surface area contributed by atoms with Crippen LogP contribution in [0.1, 0.15) is 5.56 Å². The maximum atomic E-state index is 11.0. The zero-order chi connectivity index (χ0) is 12.8. The maximum absolute atomic E-state index is 11.0. The first-order valence-corrected chi connectivity index (χ1v) is 4.40. The molecule has 0 bridgehead atoms. The summed E-state index contributed by atoms with van der Waals surface area (Å²) in [5.41, 5.74) is -1.06. The molecule has 0 N–H and O–H groups in total. The monoisotopic (exact) mass is 222 g/mol. The number of hydrogen-bond acceptors (Lipinski definition) is 5. The van der Waals surface area contributed by atoms with Crippen LogP contribution in [0, 0.1) is 34.0 Å². The molecule has 0 radical (unpaired) electrons. The summed E-state index contributed by atoms with van der Waals surface area (Å²) in [5, 5.41) is 37.2. The van der Waals surface area contributed by atoms with Gasteiger partial charge in [0.05, 0.1) is 5.57 Å². The molecule has 1 aromatic carbocycles. The summed E-state index contributed by atoms with van der Waals surface area (Å²) in [7, 11) is 0. The summed E-state index contributed by atoms with van der Waals surface area (Å²) >= 11 is 0. The molecule has 0 aliphatic rings. The van der Waals surface area contributed by atoms with E-state index in [9.17, 15) is 9.90 Å². The Morgan fingerprint density at radius 2 is 1.59 bits per heavy atom. The van der Waals surface area contributed by atoms with Crippen molar-refractivity contribution >= 4 is 5.57 Å². The van der Waals surface area contributed by atoms with Crippen molar-refractivity contribution < 1.29 is 5.11 Å². The summed E-state index contributed by atoms with van der Waals surface area (Å²) in [6, 6.07) is 9.33. The van der Waals surface area contributed by atoms with E-state index < -0.39 is 11.2 Å². The highest BCUT2D eigenvalue weighted by Gasteiger charge is 2.07.